The maximum Gasteiger partial charge on any atom is 0.405 e. The molecular formula is C18H19NO3. The van der Waals surface area contributed by atoms with E-state index in [9.17, 15) is 4.79 Å². The Balaban J connectivity index is 1.76. The minimum absolute atomic E-state index is 0.379. The highest BCUT2D eigenvalue weighted by molar-refractivity contribution is 5.66. The number of benzene rings is 2. The van der Waals surface area contributed by atoms with Crippen molar-refractivity contribution in [3.8, 4) is 5.75 Å². The van der Waals surface area contributed by atoms with Crippen LogP contribution in [0.4, 0.5) is 4.79 Å². The van der Waals surface area contributed by atoms with Gasteiger partial charge in [0.2, 0.25) is 0 Å². The van der Waals surface area contributed by atoms with E-state index in [2.05, 4.69) is 5.32 Å². The zero-order chi connectivity index (χ0) is 15.4. The van der Waals surface area contributed by atoms with Crippen LogP contribution in [0.3, 0.4) is 0 Å². The van der Waals surface area contributed by atoms with E-state index in [4.69, 9.17) is 9.84 Å². The molecule has 0 bridgehead atoms. The third-order valence-corrected chi connectivity index (χ3v) is 3.80. The molecule has 1 unspecified atom stereocenters. The Bertz CT molecular complexity index is 621. The van der Waals surface area contributed by atoms with Gasteiger partial charge in [-0.15, -0.1) is 0 Å². The average molecular weight is 297 g/mol. The third-order valence-electron chi connectivity index (χ3n) is 3.80. The van der Waals surface area contributed by atoms with Crippen LogP contribution in [0, 0.1) is 5.92 Å². The van der Waals surface area contributed by atoms with Crippen LogP contribution in [-0.4, -0.2) is 17.8 Å². The number of amides is 1. The standard InChI is InChI=1S/C18H19NO3/c20-18(21)19-17(14-4-2-1-3-5-14)15-8-10-16(11-9-15)22-12-13-6-7-13/h1-5,8-11,13,17,19H,6-7,12H2,(H,20,21). The molecule has 0 aromatic heterocycles. The molecule has 1 aliphatic rings. The van der Waals surface area contributed by atoms with Crippen molar-refractivity contribution in [2.24, 2.45) is 5.92 Å². The van der Waals surface area contributed by atoms with E-state index in [1.165, 1.54) is 12.8 Å². The van der Waals surface area contributed by atoms with E-state index in [0.29, 0.717) is 5.92 Å². The third kappa shape index (κ3) is 3.79. The van der Waals surface area contributed by atoms with Crippen molar-refractivity contribution in [3.63, 3.8) is 0 Å². The highest BCUT2D eigenvalue weighted by Crippen LogP contribution is 2.30. The maximum absolute atomic E-state index is 11.1. The molecule has 22 heavy (non-hydrogen) atoms. The SMILES string of the molecule is O=C(O)NC(c1ccccc1)c1ccc(OCC2CC2)cc1. The van der Waals surface area contributed by atoms with Crippen LogP contribution in [0.2, 0.25) is 0 Å². The summed E-state index contributed by atoms with van der Waals surface area (Å²) in [5, 5.41) is 11.6. The highest BCUT2D eigenvalue weighted by atomic mass is 16.5. The summed E-state index contributed by atoms with van der Waals surface area (Å²) >= 11 is 0. The first-order valence-corrected chi connectivity index (χ1v) is 7.49. The van der Waals surface area contributed by atoms with Gasteiger partial charge in [-0.1, -0.05) is 42.5 Å². The minimum atomic E-state index is -1.04. The van der Waals surface area contributed by atoms with E-state index in [1.54, 1.807) is 0 Å². The lowest BCUT2D eigenvalue weighted by Gasteiger charge is -2.18. The molecule has 0 radical (unpaired) electrons. The molecule has 1 saturated carbocycles. The van der Waals surface area contributed by atoms with Crippen molar-refractivity contribution in [1.29, 1.82) is 0 Å². The molecular weight excluding hydrogens is 278 g/mol. The largest absolute Gasteiger partial charge is 0.493 e. The van der Waals surface area contributed by atoms with Crippen molar-refractivity contribution >= 4 is 6.09 Å². The summed E-state index contributed by atoms with van der Waals surface area (Å²) in [5.41, 5.74) is 1.81. The van der Waals surface area contributed by atoms with Crippen LogP contribution in [0.15, 0.2) is 54.6 Å². The predicted molar refractivity (Wildman–Crippen MR) is 84.1 cm³/mol. The molecule has 1 amide bonds. The quantitative estimate of drug-likeness (QED) is 0.852. The summed E-state index contributed by atoms with van der Waals surface area (Å²) in [4.78, 5) is 11.1. The van der Waals surface area contributed by atoms with E-state index >= 15 is 0 Å². The Morgan fingerprint density at radius 3 is 2.32 bits per heavy atom. The molecule has 4 heteroatoms. The van der Waals surface area contributed by atoms with Crippen LogP contribution < -0.4 is 10.1 Å². The molecule has 0 heterocycles. The number of hydrogen-bond donors (Lipinski definition) is 2. The van der Waals surface area contributed by atoms with Gasteiger partial charge in [0, 0.05) is 0 Å². The molecule has 1 atom stereocenters. The number of ether oxygens (including phenoxy) is 1. The number of carboxylic acid groups (broad SMARTS) is 1. The fraction of sp³-hybridized carbons (Fsp3) is 0.278. The maximum atomic E-state index is 11.1. The lowest BCUT2D eigenvalue weighted by Crippen LogP contribution is -2.27. The second-order valence-corrected chi connectivity index (χ2v) is 5.62. The number of carbonyl (C=O) groups is 1. The van der Waals surface area contributed by atoms with Crippen LogP contribution in [0.1, 0.15) is 30.0 Å². The Labute approximate surface area is 129 Å². The highest BCUT2D eigenvalue weighted by Gasteiger charge is 2.22. The zero-order valence-corrected chi connectivity index (χ0v) is 12.2. The van der Waals surface area contributed by atoms with Crippen molar-refractivity contribution in [3.05, 3.63) is 65.7 Å². The summed E-state index contributed by atoms with van der Waals surface area (Å²) in [6.07, 6.45) is 1.48. The summed E-state index contributed by atoms with van der Waals surface area (Å²) < 4.78 is 5.71. The minimum Gasteiger partial charge on any atom is -0.493 e. The Hall–Kier alpha value is -2.49. The fourth-order valence-corrected chi connectivity index (χ4v) is 2.38. The molecule has 0 aliphatic heterocycles. The Morgan fingerprint density at radius 2 is 1.73 bits per heavy atom. The monoisotopic (exact) mass is 297 g/mol. The van der Waals surface area contributed by atoms with Gasteiger partial charge in [-0.3, -0.25) is 0 Å². The molecule has 0 spiro atoms. The first-order valence-electron chi connectivity index (χ1n) is 7.49. The van der Waals surface area contributed by atoms with Crippen molar-refractivity contribution in [2.45, 2.75) is 18.9 Å². The van der Waals surface area contributed by atoms with Crippen LogP contribution in [-0.2, 0) is 0 Å². The molecule has 0 saturated heterocycles. The van der Waals surface area contributed by atoms with E-state index in [1.807, 2.05) is 54.6 Å². The molecule has 1 fully saturated rings. The fourth-order valence-electron chi connectivity index (χ4n) is 2.38. The molecule has 114 valence electrons. The van der Waals surface area contributed by atoms with Gasteiger partial charge in [-0.25, -0.2) is 4.79 Å². The summed E-state index contributed by atoms with van der Waals surface area (Å²) in [6, 6.07) is 16.8. The average Bonchev–Trinajstić information content (AvgIpc) is 3.36. The molecule has 2 N–H and O–H groups in total. The second kappa shape index (κ2) is 6.52. The first-order chi connectivity index (χ1) is 10.7. The van der Waals surface area contributed by atoms with Gasteiger partial charge in [-0.05, 0) is 42.0 Å². The normalized spacial score (nSPS) is 15.1. The van der Waals surface area contributed by atoms with E-state index in [-0.39, 0.29) is 6.04 Å². The summed E-state index contributed by atoms with van der Waals surface area (Å²) in [6.45, 7) is 0.773. The van der Waals surface area contributed by atoms with Gasteiger partial charge in [0.15, 0.2) is 0 Å². The van der Waals surface area contributed by atoms with Crippen molar-refractivity contribution < 1.29 is 14.6 Å². The summed E-state index contributed by atoms with van der Waals surface area (Å²) in [7, 11) is 0. The molecule has 4 nitrogen and oxygen atoms in total. The van der Waals surface area contributed by atoms with Gasteiger partial charge >= 0.3 is 6.09 Å². The van der Waals surface area contributed by atoms with Crippen LogP contribution in [0.5, 0.6) is 5.75 Å². The van der Waals surface area contributed by atoms with E-state index in [0.717, 1.165) is 23.5 Å². The van der Waals surface area contributed by atoms with Gasteiger partial charge in [0.25, 0.3) is 0 Å². The number of nitrogens with one attached hydrogen (secondary N) is 1. The first kappa shape index (κ1) is 14.4. The molecule has 2 aromatic carbocycles. The molecule has 3 rings (SSSR count). The Morgan fingerprint density at radius 1 is 1.09 bits per heavy atom. The Kier molecular flexibility index (Phi) is 4.28. The van der Waals surface area contributed by atoms with E-state index < -0.39 is 6.09 Å². The van der Waals surface area contributed by atoms with Gasteiger partial charge in [0.05, 0.1) is 12.6 Å². The van der Waals surface area contributed by atoms with Gasteiger partial charge < -0.3 is 15.2 Å². The predicted octanol–water partition coefficient (Wildman–Crippen LogP) is 3.83. The van der Waals surface area contributed by atoms with Gasteiger partial charge in [0.1, 0.15) is 5.75 Å². The zero-order valence-electron chi connectivity index (χ0n) is 12.2. The number of hydrogen-bond acceptors (Lipinski definition) is 2. The topological polar surface area (TPSA) is 58.6 Å². The number of rotatable bonds is 6. The molecule has 2 aromatic rings. The van der Waals surface area contributed by atoms with Crippen molar-refractivity contribution in [2.75, 3.05) is 6.61 Å². The van der Waals surface area contributed by atoms with Crippen LogP contribution in [0.25, 0.3) is 0 Å². The van der Waals surface area contributed by atoms with Crippen LogP contribution >= 0.6 is 0 Å². The molecule has 1 aliphatic carbocycles. The van der Waals surface area contributed by atoms with Crippen molar-refractivity contribution in [1.82, 2.24) is 5.32 Å². The second-order valence-electron chi connectivity index (χ2n) is 5.62. The lowest BCUT2D eigenvalue weighted by atomic mass is 9.99. The van der Waals surface area contributed by atoms with Gasteiger partial charge in [-0.2, -0.15) is 0 Å². The lowest BCUT2D eigenvalue weighted by molar-refractivity contribution is 0.191. The smallest absolute Gasteiger partial charge is 0.405 e. The summed E-state index contributed by atoms with van der Waals surface area (Å²) in [5.74, 6) is 1.54.